The second kappa shape index (κ2) is 7.03. The molecule has 0 nitrogen and oxygen atoms in total. The van der Waals surface area contributed by atoms with Gasteiger partial charge in [0.05, 0.1) is 0 Å². The molecule has 0 aliphatic heterocycles. The van der Waals surface area contributed by atoms with Crippen molar-refractivity contribution in [2.75, 3.05) is 0 Å². The van der Waals surface area contributed by atoms with Crippen molar-refractivity contribution in [1.29, 1.82) is 0 Å². The van der Waals surface area contributed by atoms with Gasteiger partial charge in [-0.25, -0.2) is 0 Å². The number of allylic oxidation sites excluding steroid dienone is 1. The number of halogens is 1. The van der Waals surface area contributed by atoms with Gasteiger partial charge >= 0.3 is 0 Å². The first kappa shape index (κ1) is 8.03. The zero-order chi connectivity index (χ0) is 6.24. The molecule has 0 saturated heterocycles. The van der Waals surface area contributed by atoms with E-state index in [1.165, 1.54) is 0 Å². The molecule has 1 heteroatoms. The quantitative estimate of drug-likeness (QED) is 0.297. The minimum Gasteiger partial charge on any atom is -0.103 e. The van der Waals surface area contributed by atoms with E-state index in [1.54, 1.807) is 0 Å². The highest BCUT2D eigenvalue weighted by atomic mass is 127. The first-order chi connectivity index (χ1) is 3.91. The van der Waals surface area contributed by atoms with Crippen LogP contribution in [0.2, 0.25) is 0 Å². The van der Waals surface area contributed by atoms with Gasteiger partial charge in [-0.1, -0.05) is 12.0 Å². The smallest absolute Gasteiger partial charge is 0.0181 e. The summed E-state index contributed by atoms with van der Waals surface area (Å²) in [4.78, 5) is 0. The Morgan fingerprint density at radius 3 is 2.88 bits per heavy atom. The molecular weight excluding hydrogens is 211 g/mol. The Bertz CT molecular complexity index is 105. The standard InChI is InChI=1S/C7H9I/c1-2-3-4-5-6-7-8/h2H,1,3-5H2. The van der Waals surface area contributed by atoms with E-state index in [1.807, 2.05) is 6.08 Å². The summed E-state index contributed by atoms with van der Waals surface area (Å²) in [6.45, 7) is 3.61. The van der Waals surface area contributed by atoms with Crippen molar-refractivity contribution >= 4 is 22.6 Å². The Hall–Kier alpha value is 0.0300. The van der Waals surface area contributed by atoms with Crippen LogP contribution in [0, 0.1) is 9.85 Å². The van der Waals surface area contributed by atoms with Gasteiger partial charge in [-0.05, 0) is 16.8 Å². The van der Waals surface area contributed by atoms with Crippen molar-refractivity contribution in [3.8, 4) is 9.85 Å². The van der Waals surface area contributed by atoms with Crippen molar-refractivity contribution in [3.63, 3.8) is 0 Å². The molecular formula is C7H9I. The fraction of sp³-hybridized carbons (Fsp3) is 0.429. The maximum absolute atomic E-state index is 3.61. The summed E-state index contributed by atoms with van der Waals surface area (Å²) in [6, 6.07) is 0. The molecule has 0 aromatic rings. The summed E-state index contributed by atoms with van der Waals surface area (Å²) in [5.41, 5.74) is 0. The highest BCUT2D eigenvalue weighted by molar-refractivity contribution is 14.1. The van der Waals surface area contributed by atoms with E-state index in [0.29, 0.717) is 0 Å². The maximum Gasteiger partial charge on any atom is 0.0181 e. The average Bonchev–Trinajstić information content (AvgIpc) is 1.81. The fourth-order valence-electron chi connectivity index (χ4n) is 0.382. The first-order valence-corrected chi connectivity index (χ1v) is 3.69. The predicted molar refractivity (Wildman–Crippen MR) is 45.8 cm³/mol. The van der Waals surface area contributed by atoms with E-state index in [9.17, 15) is 0 Å². The third kappa shape index (κ3) is 6.03. The van der Waals surface area contributed by atoms with Gasteiger partial charge in [0.2, 0.25) is 0 Å². The number of hydrogen-bond donors (Lipinski definition) is 0. The van der Waals surface area contributed by atoms with E-state index < -0.39 is 0 Å². The topological polar surface area (TPSA) is 0 Å². The van der Waals surface area contributed by atoms with E-state index in [0.717, 1.165) is 19.3 Å². The van der Waals surface area contributed by atoms with Gasteiger partial charge in [-0.3, -0.25) is 0 Å². The molecule has 0 unspecified atom stereocenters. The van der Waals surface area contributed by atoms with Crippen LogP contribution in [-0.4, -0.2) is 0 Å². The van der Waals surface area contributed by atoms with Crippen LogP contribution >= 0.6 is 22.6 Å². The Kier molecular flexibility index (Phi) is 7.06. The molecule has 0 bridgehead atoms. The lowest BCUT2D eigenvalue weighted by Gasteiger charge is -1.82. The SMILES string of the molecule is C=CCCCC#CI. The Morgan fingerprint density at radius 1 is 1.62 bits per heavy atom. The molecule has 0 spiro atoms. The van der Waals surface area contributed by atoms with Gasteiger partial charge in [-0.2, -0.15) is 0 Å². The lowest BCUT2D eigenvalue weighted by Crippen LogP contribution is -1.65. The second-order valence-corrected chi connectivity index (χ2v) is 1.99. The third-order valence-electron chi connectivity index (χ3n) is 0.777. The summed E-state index contributed by atoms with van der Waals surface area (Å²) < 4.78 is 2.81. The van der Waals surface area contributed by atoms with Crippen LogP contribution in [0.25, 0.3) is 0 Å². The molecule has 0 saturated carbocycles. The molecule has 0 aromatic carbocycles. The molecule has 0 aliphatic carbocycles. The number of unbranched alkanes of at least 4 members (excludes halogenated alkanes) is 2. The molecule has 0 radical (unpaired) electrons. The van der Waals surface area contributed by atoms with Gasteiger partial charge < -0.3 is 0 Å². The van der Waals surface area contributed by atoms with Crippen LogP contribution in [0.15, 0.2) is 12.7 Å². The summed E-state index contributed by atoms with van der Waals surface area (Å²) in [7, 11) is 0. The van der Waals surface area contributed by atoms with Crippen molar-refractivity contribution in [3.05, 3.63) is 12.7 Å². The van der Waals surface area contributed by atoms with Gasteiger partial charge in [0.25, 0.3) is 0 Å². The van der Waals surface area contributed by atoms with Crippen LogP contribution in [0.1, 0.15) is 19.3 Å². The minimum absolute atomic E-state index is 1.01. The zero-order valence-electron chi connectivity index (χ0n) is 4.78. The summed E-state index contributed by atoms with van der Waals surface area (Å²) in [5, 5.41) is 0. The van der Waals surface area contributed by atoms with Crippen LogP contribution in [0.5, 0.6) is 0 Å². The van der Waals surface area contributed by atoms with Crippen LogP contribution < -0.4 is 0 Å². The van der Waals surface area contributed by atoms with E-state index >= 15 is 0 Å². The van der Waals surface area contributed by atoms with Crippen molar-refractivity contribution in [2.24, 2.45) is 0 Å². The summed E-state index contributed by atoms with van der Waals surface area (Å²) in [6.07, 6.45) is 5.18. The summed E-state index contributed by atoms with van der Waals surface area (Å²) in [5.74, 6) is 2.97. The predicted octanol–water partition coefficient (Wildman–Crippen LogP) is 2.74. The largest absolute Gasteiger partial charge is 0.103 e. The highest BCUT2D eigenvalue weighted by Gasteiger charge is 1.75. The Labute approximate surface area is 64.5 Å². The van der Waals surface area contributed by atoms with Crippen molar-refractivity contribution < 1.29 is 0 Å². The van der Waals surface area contributed by atoms with Gasteiger partial charge in [-0.15, -0.1) is 6.58 Å². The first-order valence-electron chi connectivity index (χ1n) is 2.61. The molecule has 44 valence electrons. The molecule has 0 fully saturated rings. The zero-order valence-corrected chi connectivity index (χ0v) is 6.94. The van der Waals surface area contributed by atoms with E-state index in [-0.39, 0.29) is 0 Å². The van der Waals surface area contributed by atoms with E-state index in [2.05, 4.69) is 39.0 Å². The maximum atomic E-state index is 3.61. The molecule has 0 heterocycles. The molecule has 0 aromatic heterocycles. The Morgan fingerprint density at radius 2 is 2.38 bits per heavy atom. The van der Waals surface area contributed by atoms with Gasteiger partial charge in [0.1, 0.15) is 0 Å². The average molecular weight is 220 g/mol. The molecule has 0 rings (SSSR count). The van der Waals surface area contributed by atoms with Crippen LogP contribution in [-0.2, 0) is 0 Å². The summed E-state index contributed by atoms with van der Waals surface area (Å²) >= 11 is 2.05. The van der Waals surface area contributed by atoms with E-state index in [4.69, 9.17) is 0 Å². The lowest BCUT2D eigenvalue weighted by atomic mass is 10.2. The van der Waals surface area contributed by atoms with Crippen LogP contribution in [0.4, 0.5) is 0 Å². The molecule has 0 N–H and O–H groups in total. The number of hydrogen-bond acceptors (Lipinski definition) is 0. The second-order valence-electron chi connectivity index (χ2n) is 1.45. The van der Waals surface area contributed by atoms with Crippen molar-refractivity contribution in [2.45, 2.75) is 19.3 Å². The van der Waals surface area contributed by atoms with Gasteiger partial charge in [0, 0.05) is 29.0 Å². The molecule has 8 heavy (non-hydrogen) atoms. The fourth-order valence-corrected chi connectivity index (χ4v) is 0.652. The number of rotatable bonds is 3. The monoisotopic (exact) mass is 220 g/mol. The minimum atomic E-state index is 1.01. The lowest BCUT2D eigenvalue weighted by molar-refractivity contribution is 0.887. The Balaban J connectivity index is 2.89. The third-order valence-corrected chi connectivity index (χ3v) is 1.16. The molecule has 0 amide bonds. The highest BCUT2D eigenvalue weighted by Crippen LogP contribution is 1.93. The molecule has 0 aliphatic rings. The van der Waals surface area contributed by atoms with Crippen molar-refractivity contribution in [1.82, 2.24) is 0 Å². The van der Waals surface area contributed by atoms with Gasteiger partial charge in [0.15, 0.2) is 0 Å². The molecule has 0 atom stereocenters. The van der Waals surface area contributed by atoms with Crippen LogP contribution in [0.3, 0.4) is 0 Å². The normalized spacial score (nSPS) is 7.12.